The molecule has 1 aromatic carbocycles. The van der Waals surface area contributed by atoms with Gasteiger partial charge in [0.2, 0.25) is 0 Å². The Kier molecular flexibility index (Phi) is 4.13. The summed E-state index contributed by atoms with van der Waals surface area (Å²) in [5.74, 6) is 0. The van der Waals surface area contributed by atoms with Crippen molar-refractivity contribution in [1.29, 1.82) is 0 Å². The van der Waals surface area contributed by atoms with Gasteiger partial charge in [0.15, 0.2) is 0 Å². The topological polar surface area (TPSA) is 0 Å². The van der Waals surface area contributed by atoms with Crippen molar-refractivity contribution in [2.75, 3.05) is 0 Å². The molecule has 0 amide bonds. The molecule has 0 heterocycles. The summed E-state index contributed by atoms with van der Waals surface area (Å²) in [6, 6.07) is 10.0. The Morgan fingerprint density at radius 2 is 1.50 bits per heavy atom. The second kappa shape index (κ2) is 3.76. The van der Waals surface area contributed by atoms with Crippen LogP contribution in [-0.2, 0) is 0 Å². The normalized spacial score (nSPS) is 6.67. The Hall–Kier alpha value is 0.584. The molecule has 1 rings (SSSR count). The van der Waals surface area contributed by atoms with Crippen LogP contribution in [0.15, 0.2) is 30.3 Å². The molecule has 0 aromatic heterocycles. The van der Waals surface area contributed by atoms with Crippen molar-refractivity contribution in [2.45, 2.75) is 0 Å². The van der Waals surface area contributed by atoms with Crippen molar-refractivity contribution in [3.8, 4) is 0 Å². The van der Waals surface area contributed by atoms with Crippen LogP contribution in [0.25, 0.3) is 0 Å². The molecule has 39 valence electrons. The fourth-order valence-corrected chi connectivity index (χ4v) is 0.321. The zero-order valence-electron chi connectivity index (χ0n) is 3.16. The van der Waals surface area contributed by atoms with Crippen LogP contribution < -0.4 is 0 Å². The Balaban J connectivity index is 0.000000250. The zero-order chi connectivity index (χ0) is 3.54. The zero-order valence-corrected chi connectivity index (χ0v) is 4.94. The van der Waals surface area contributed by atoms with Crippen molar-refractivity contribution in [1.82, 2.24) is 0 Å². The first-order valence-corrected chi connectivity index (χ1v) is 1.67. The van der Waals surface area contributed by atoms with E-state index < -0.39 is 0 Å². The first-order valence-electron chi connectivity index (χ1n) is 1.67. The smallest absolute Gasteiger partial charge is 0 e. The monoisotopic (exact) mass is 234 g/mol. The first-order chi connectivity index (χ1) is 2.50. The SMILES string of the molecule is [Tm].c1cc[cH-]c1. The minimum atomic E-state index is 0. The van der Waals surface area contributed by atoms with Gasteiger partial charge >= 0.3 is 0 Å². The number of hydrogen-bond donors (Lipinski definition) is 0. The third-order valence-corrected chi connectivity index (χ3v) is 0.556. The molecular formula is C5H5Tm-. The van der Waals surface area contributed by atoms with E-state index in [1.54, 1.807) is 0 Å². The van der Waals surface area contributed by atoms with Gasteiger partial charge in [-0.2, -0.15) is 18.2 Å². The van der Waals surface area contributed by atoms with Crippen molar-refractivity contribution in [3.05, 3.63) is 30.3 Å². The summed E-state index contributed by atoms with van der Waals surface area (Å²) >= 11 is 0. The molecule has 6 heavy (non-hydrogen) atoms. The van der Waals surface area contributed by atoms with Gasteiger partial charge in [-0.3, -0.25) is 0 Å². The van der Waals surface area contributed by atoms with Crippen LogP contribution in [0.2, 0.25) is 0 Å². The van der Waals surface area contributed by atoms with E-state index >= 15 is 0 Å². The molecule has 0 bridgehead atoms. The molecular weight excluding hydrogens is 229 g/mol. The van der Waals surface area contributed by atoms with Crippen LogP contribution in [0, 0.1) is 36.9 Å². The Bertz CT molecular complexity index is 60.4. The van der Waals surface area contributed by atoms with Gasteiger partial charge in [0.25, 0.3) is 0 Å². The summed E-state index contributed by atoms with van der Waals surface area (Å²) in [6.07, 6.45) is 0. The number of hydrogen-bond acceptors (Lipinski definition) is 0. The standard InChI is InChI=1S/C5H5.Tm/c1-2-4-5-3-1;/h1-5H;/q-1;. The first kappa shape index (κ1) is 6.58. The largest absolute Gasteiger partial charge is 0.214 e. The summed E-state index contributed by atoms with van der Waals surface area (Å²) < 4.78 is 0. The molecule has 0 aliphatic rings. The molecule has 0 aliphatic carbocycles. The van der Waals surface area contributed by atoms with Crippen molar-refractivity contribution >= 4 is 0 Å². The second-order valence-electron chi connectivity index (χ2n) is 0.962. The van der Waals surface area contributed by atoms with Gasteiger partial charge in [-0.1, -0.05) is 0 Å². The average Bonchev–Trinajstić information content (AvgIpc) is 1.76. The van der Waals surface area contributed by atoms with Gasteiger partial charge in [0, 0.05) is 36.9 Å². The third-order valence-electron chi connectivity index (χ3n) is 0.556. The van der Waals surface area contributed by atoms with E-state index in [2.05, 4.69) is 0 Å². The summed E-state index contributed by atoms with van der Waals surface area (Å²) in [6.45, 7) is 0. The molecule has 1 radical (unpaired) electrons. The summed E-state index contributed by atoms with van der Waals surface area (Å²) in [5, 5.41) is 0. The van der Waals surface area contributed by atoms with Gasteiger partial charge in [-0.05, 0) is 0 Å². The van der Waals surface area contributed by atoms with Crippen LogP contribution in [0.3, 0.4) is 0 Å². The average molecular weight is 234 g/mol. The van der Waals surface area contributed by atoms with Crippen molar-refractivity contribution < 1.29 is 36.9 Å². The Morgan fingerprint density at radius 3 is 1.67 bits per heavy atom. The second-order valence-corrected chi connectivity index (χ2v) is 0.962. The summed E-state index contributed by atoms with van der Waals surface area (Å²) in [5.41, 5.74) is 0. The van der Waals surface area contributed by atoms with E-state index in [0.29, 0.717) is 0 Å². The molecule has 0 fully saturated rings. The van der Waals surface area contributed by atoms with E-state index in [-0.39, 0.29) is 36.9 Å². The number of rotatable bonds is 0. The molecule has 0 N–H and O–H groups in total. The minimum absolute atomic E-state index is 0. The molecule has 1 aromatic rings. The van der Waals surface area contributed by atoms with E-state index in [1.807, 2.05) is 30.3 Å². The molecule has 0 unspecified atom stereocenters. The Labute approximate surface area is 66.7 Å². The molecule has 0 spiro atoms. The molecule has 0 atom stereocenters. The fraction of sp³-hybridized carbons (Fsp3) is 0. The molecule has 0 saturated heterocycles. The molecule has 1 heteroatoms. The van der Waals surface area contributed by atoms with E-state index in [1.165, 1.54) is 0 Å². The fourth-order valence-electron chi connectivity index (χ4n) is 0.321. The van der Waals surface area contributed by atoms with E-state index in [0.717, 1.165) is 0 Å². The predicted octanol–water partition coefficient (Wildman–Crippen LogP) is 1.41. The molecule has 0 saturated carbocycles. The quantitative estimate of drug-likeness (QED) is 0.595. The maximum atomic E-state index is 2.00. The van der Waals surface area contributed by atoms with E-state index in [9.17, 15) is 0 Å². The summed E-state index contributed by atoms with van der Waals surface area (Å²) in [7, 11) is 0. The summed E-state index contributed by atoms with van der Waals surface area (Å²) in [4.78, 5) is 0. The van der Waals surface area contributed by atoms with Gasteiger partial charge < -0.3 is 0 Å². The van der Waals surface area contributed by atoms with Crippen LogP contribution >= 0.6 is 0 Å². The van der Waals surface area contributed by atoms with Crippen LogP contribution in [-0.4, -0.2) is 0 Å². The van der Waals surface area contributed by atoms with Gasteiger partial charge in [0.05, 0.1) is 0 Å². The Morgan fingerprint density at radius 1 is 1.00 bits per heavy atom. The minimum Gasteiger partial charge on any atom is -0.214 e. The maximum Gasteiger partial charge on any atom is 0 e. The molecule has 0 nitrogen and oxygen atoms in total. The van der Waals surface area contributed by atoms with Gasteiger partial charge in [-0.25, -0.2) is 12.1 Å². The van der Waals surface area contributed by atoms with Crippen molar-refractivity contribution in [2.24, 2.45) is 0 Å². The predicted molar refractivity (Wildman–Crippen MR) is 22.0 cm³/mol. The van der Waals surface area contributed by atoms with Crippen LogP contribution in [0.5, 0.6) is 0 Å². The van der Waals surface area contributed by atoms with Gasteiger partial charge in [-0.15, -0.1) is 0 Å². The van der Waals surface area contributed by atoms with Crippen LogP contribution in [0.4, 0.5) is 0 Å². The van der Waals surface area contributed by atoms with Crippen LogP contribution in [0.1, 0.15) is 0 Å². The molecule has 0 aliphatic heterocycles. The van der Waals surface area contributed by atoms with E-state index in [4.69, 9.17) is 0 Å². The van der Waals surface area contributed by atoms with Crippen molar-refractivity contribution in [3.63, 3.8) is 0 Å². The third kappa shape index (κ3) is 1.89. The van der Waals surface area contributed by atoms with Gasteiger partial charge in [0.1, 0.15) is 0 Å². The maximum absolute atomic E-state index is 2.00.